The van der Waals surface area contributed by atoms with Crippen molar-refractivity contribution in [2.24, 2.45) is 0 Å². The van der Waals surface area contributed by atoms with E-state index in [0.29, 0.717) is 13.0 Å². The Morgan fingerprint density at radius 2 is 1.90 bits per heavy atom. The number of hydrogen-bond acceptors (Lipinski definition) is 4. The predicted octanol–water partition coefficient (Wildman–Crippen LogP) is 4.02. The van der Waals surface area contributed by atoms with Gasteiger partial charge < -0.3 is 24.7 Å². The van der Waals surface area contributed by atoms with E-state index in [0.717, 1.165) is 53.2 Å². The normalized spacial score (nSPS) is 17.0. The van der Waals surface area contributed by atoms with E-state index in [1.807, 2.05) is 36.5 Å². The van der Waals surface area contributed by atoms with Gasteiger partial charge in [0, 0.05) is 42.5 Å². The molecule has 3 aromatic rings. The Hall–Kier alpha value is -2.99. The zero-order valence-electron chi connectivity index (χ0n) is 17.7. The molecule has 6 heteroatoms. The van der Waals surface area contributed by atoms with Crippen molar-refractivity contribution in [3.63, 3.8) is 0 Å². The maximum atomic E-state index is 12.9. The number of rotatable bonds is 7. The lowest BCUT2D eigenvalue weighted by atomic mass is 9.87. The highest BCUT2D eigenvalue weighted by Crippen LogP contribution is 2.39. The highest BCUT2D eigenvalue weighted by molar-refractivity contribution is 5.86. The van der Waals surface area contributed by atoms with E-state index in [-0.39, 0.29) is 18.6 Å². The van der Waals surface area contributed by atoms with Gasteiger partial charge in [-0.15, -0.1) is 0 Å². The molecule has 1 saturated heterocycles. The molecule has 2 aromatic carbocycles. The van der Waals surface area contributed by atoms with Crippen LogP contribution in [0.1, 0.15) is 42.7 Å². The number of para-hydroxylation sites is 1. The van der Waals surface area contributed by atoms with Gasteiger partial charge in [0.25, 0.3) is 0 Å². The number of carbonyl (C=O) groups is 1. The topological polar surface area (TPSA) is 66.6 Å². The Morgan fingerprint density at radius 3 is 2.81 bits per heavy atom. The van der Waals surface area contributed by atoms with Crippen molar-refractivity contribution >= 4 is 16.8 Å². The largest absolute Gasteiger partial charge is 0.454 e. The third-order valence-electron chi connectivity index (χ3n) is 6.38. The average molecular weight is 420 g/mol. The van der Waals surface area contributed by atoms with E-state index in [4.69, 9.17) is 9.47 Å². The third kappa shape index (κ3) is 4.39. The first kappa shape index (κ1) is 19.9. The Bertz CT molecular complexity index is 1060. The molecule has 2 aliphatic heterocycles. The zero-order chi connectivity index (χ0) is 21.0. The predicted molar refractivity (Wildman–Crippen MR) is 121 cm³/mol. The number of hydrogen-bond donors (Lipinski definition) is 2. The van der Waals surface area contributed by atoms with Crippen LogP contribution in [0, 0.1) is 0 Å². The lowest BCUT2D eigenvalue weighted by molar-refractivity contribution is -0.121. The van der Waals surface area contributed by atoms with Gasteiger partial charge in [-0.3, -0.25) is 4.79 Å². The van der Waals surface area contributed by atoms with E-state index in [9.17, 15) is 4.79 Å². The lowest BCUT2D eigenvalue weighted by Crippen LogP contribution is -2.38. The summed E-state index contributed by atoms with van der Waals surface area (Å²) in [5.41, 5.74) is 3.26. The molecule has 0 spiro atoms. The molecule has 1 unspecified atom stereocenters. The minimum atomic E-state index is -0.0689. The van der Waals surface area contributed by atoms with E-state index in [1.54, 1.807) is 0 Å². The Labute approximate surface area is 182 Å². The summed E-state index contributed by atoms with van der Waals surface area (Å²) in [6, 6.07) is 14.2. The molecule has 3 heterocycles. The number of amides is 1. The number of likely N-dealkylation sites (tertiary alicyclic amines) is 1. The molecule has 0 saturated carbocycles. The molecule has 1 aromatic heterocycles. The molecule has 162 valence electrons. The fourth-order valence-corrected chi connectivity index (χ4v) is 4.71. The quantitative estimate of drug-likeness (QED) is 0.607. The molecule has 1 fully saturated rings. The van der Waals surface area contributed by atoms with Gasteiger partial charge in [0.05, 0.1) is 0 Å². The number of nitrogens with zero attached hydrogens (tertiary/aromatic N) is 1. The maximum Gasteiger partial charge on any atom is 0.231 e. The molecule has 1 amide bonds. The van der Waals surface area contributed by atoms with Gasteiger partial charge in [-0.25, -0.2) is 0 Å². The number of piperidine rings is 1. The fourth-order valence-electron chi connectivity index (χ4n) is 4.71. The summed E-state index contributed by atoms with van der Waals surface area (Å²) in [6.45, 7) is 4.15. The molecule has 31 heavy (non-hydrogen) atoms. The zero-order valence-corrected chi connectivity index (χ0v) is 17.7. The van der Waals surface area contributed by atoms with E-state index in [1.165, 1.54) is 19.3 Å². The van der Waals surface area contributed by atoms with Gasteiger partial charge in [0.2, 0.25) is 12.7 Å². The summed E-state index contributed by atoms with van der Waals surface area (Å²) in [7, 11) is 0. The van der Waals surface area contributed by atoms with Gasteiger partial charge >= 0.3 is 0 Å². The highest BCUT2D eigenvalue weighted by Gasteiger charge is 2.24. The van der Waals surface area contributed by atoms with Crippen molar-refractivity contribution in [1.82, 2.24) is 15.2 Å². The smallest absolute Gasteiger partial charge is 0.231 e. The number of benzene rings is 2. The molecule has 0 bridgehead atoms. The Kier molecular flexibility index (Phi) is 5.80. The van der Waals surface area contributed by atoms with Gasteiger partial charge in [-0.2, -0.15) is 0 Å². The number of carbonyl (C=O) groups excluding carboxylic acids is 1. The first-order chi connectivity index (χ1) is 15.3. The minimum absolute atomic E-state index is 0.0689. The number of aromatic amines is 1. The van der Waals surface area contributed by atoms with Crippen LogP contribution in [0.3, 0.4) is 0 Å². The summed E-state index contributed by atoms with van der Waals surface area (Å²) in [5, 5.41) is 4.29. The van der Waals surface area contributed by atoms with Crippen LogP contribution in [0.25, 0.3) is 10.9 Å². The SMILES string of the molecule is O=C(CC(c1ccc2c(c1)OCO2)c1c[nH]c2ccccc12)NCCN1CCCCC1. The van der Waals surface area contributed by atoms with Gasteiger partial charge in [-0.05, 0) is 55.3 Å². The summed E-state index contributed by atoms with van der Waals surface area (Å²) >= 11 is 0. The Balaban J connectivity index is 1.34. The van der Waals surface area contributed by atoms with Crippen LogP contribution in [0.15, 0.2) is 48.7 Å². The maximum absolute atomic E-state index is 12.9. The van der Waals surface area contributed by atoms with E-state index in [2.05, 4.69) is 27.3 Å². The van der Waals surface area contributed by atoms with Crippen molar-refractivity contribution in [2.75, 3.05) is 33.0 Å². The molecule has 6 nitrogen and oxygen atoms in total. The second-order valence-corrected chi connectivity index (χ2v) is 8.41. The van der Waals surface area contributed by atoms with Crippen LogP contribution in [-0.4, -0.2) is 48.8 Å². The van der Waals surface area contributed by atoms with Crippen molar-refractivity contribution in [2.45, 2.75) is 31.6 Å². The second-order valence-electron chi connectivity index (χ2n) is 8.41. The summed E-state index contributed by atoms with van der Waals surface area (Å²) in [4.78, 5) is 18.7. The minimum Gasteiger partial charge on any atom is -0.454 e. The molecule has 2 N–H and O–H groups in total. The number of nitrogens with one attached hydrogen (secondary N) is 2. The van der Waals surface area contributed by atoms with Gasteiger partial charge in [-0.1, -0.05) is 30.7 Å². The fraction of sp³-hybridized carbons (Fsp3) is 0.400. The van der Waals surface area contributed by atoms with Crippen LogP contribution in [0.4, 0.5) is 0 Å². The number of fused-ring (bicyclic) bond motifs is 2. The number of H-pyrrole nitrogens is 1. The van der Waals surface area contributed by atoms with Crippen molar-refractivity contribution in [1.29, 1.82) is 0 Å². The first-order valence-electron chi connectivity index (χ1n) is 11.2. The number of ether oxygens (including phenoxy) is 2. The molecule has 0 radical (unpaired) electrons. The molecular weight excluding hydrogens is 390 g/mol. The lowest BCUT2D eigenvalue weighted by Gasteiger charge is -2.26. The highest BCUT2D eigenvalue weighted by atomic mass is 16.7. The Morgan fingerprint density at radius 1 is 1.06 bits per heavy atom. The molecule has 2 aliphatic rings. The van der Waals surface area contributed by atoms with Crippen LogP contribution in [-0.2, 0) is 4.79 Å². The number of aromatic nitrogens is 1. The van der Waals surface area contributed by atoms with Crippen LogP contribution in [0.5, 0.6) is 11.5 Å². The summed E-state index contributed by atoms with van der Waals surface area (Å²) in [5.74, 6) is 1.51. The molecular formula is C25H29N3O3. The van der Waals surface area contributed by atoms with E-state index >= 15 is 0 Å². The summed E-state index contributed by atoms with van der Waals surface area (Å²) in [6.07, 6.45) is 6.27. The third-order valence-corrected chi connectivity index (χ3v) is 6.38. The van der Waals surface area contributed by atoms with Crippen LogP contribution < -0.4 is 14.8 Å². The van der Waals surface area contributed by atoms with Crippen molar-refractivity contribution < 1.29 is 14.3 Å². The summed E-state index contributed by atoms with van der Waals surface area (Å²) < 4.78 is 11.1. The van der Waals surface area contributed by atoms with Gasteiger partial charge in [0.15, 0.2) is 11.5 Å². The van der Waals surface area contributed by atoms with Crippen molar-refractivity contribution in [3.05, 3.63) is 59.8 Å². The average Bonchev–Trinajstić information content (AvgIpc) is 3.45. The standard InChI is InChI=1S/C25H29N3O3/c29-25(26-10-13-28-11-4-1-5-12-28)15-20(18-8-9-23-24(14-18)31-17-30-23)21-16-27-22-7-3-2-6-19(21)22/h2-3,6-9,14,16,20,27H,1,4-5,10-13,15,17H2,(H,26,29). The second kappa shape index (κ2) is 9.02. The van der Waals surface area contributed by atoms with Gasteiger partial charge in [0.1, 0.15) is 0 Å². The van der Waals surface area contributed by atoms with Crippen LogP contribution >= 0.6 is 0 Å². The van der Waals surface area contributed by atoms with E-state index < -0.39 is 0 Å². The van der Waals surface area contributed by atoms with Crippen LogP contribution in [0.2, 0.25) is 0 Å². The van der Waals surface area contributed by atoms with Crippen molar-refractivity contribution in [3.8, 4) is 11.5 Å². The molecule has 0 aliphatic carbocycles. The monoisotopic (exact) mass is 419 g/mol. The molecule has 5 rings (SSSR count). The first-order valence-corrected chi connectivity index (χ1v) is 11.2. The molecule has 1 atom stereocenters.